The van der Waals surface area contributed by atoms with Gasteiger partial charge in [-0.2, -0.15) is 0 Å². The Morgan fingerprint density at radius 3 is 2.15 bits per heavy atom. The van der Waals surface area contributed by atoms with Crippen molar-refractivity contribution in [2.24, 2.45) is 5.92 Å². The molecule has 7 nitrogen and oxygen atoms in total. The molecule has 2 amide bonds. The normalized spacial score (nSPS) is 16.2. The van der Waals surface area contributed by atoms with E-state index in [0.717, 1.165) is 60.4 Å². The van der Waals surface area contributed by atoms with Crippen LogP contribution in [-0.2, 0) is 33.7 Å². The van der Waals surface area contributed by atoms with E-state index in [-0.39, 0.29) is 18.4 Å². The number of rotatable bonds is 11. The third-order valence-electron chi connectivity index (χ3n) is 9.50. The van der Waals surface area contributed by atoms with Gasteiger partial charge in [0, 0.05) is 51.4 Å². The van der Waals surface area contributed by atoms with Crippen LogP contribution < -0.4 is 4.90 Å². The van der Waals surface area contributed by atoms with E-state index in [0.29, 0.717) is 38.6 Å². The lowest BCUT2D eigenvalue weighted by Gasteiger charge is -2.38. The van der Waals surface area contributed by atoms with Crippen LogP contribution in [0.4, 0.5) is 5.82 Å². The van der Waals surface area contributed by atoms with E-state index in [1.165, 1.54) is 5.56 Å². The predicted octanol–water partition coefficient (Wildman–Crippen LogP) is 6.36. The standard InChI is InChI=1S/C41H46N4O3/c1-32-12-14-33(15-13-32)17-19-40(46)45(31-37-16-18-39(42-30-37)43-24-26-48-27-25-43)38(29-35-10-6-3-7-11-35)41(47)44-22-20-36(21-23-44)28-34-8-4-2-5-9-34/h2-19,30,36,38H,20-29,31H2,1H3/t38-/m0/s1. The third kappa shape index (κ3) is 8.98. The number of pyridine rings is 1. The molecule has 3 heterocycles. The maximum atomic E-state index is 14.5. The molecule has 0 N–H and O–H groups in total. The molecule has 3 aromatic carbocycles. The summed E-state index contributed by atoms with van der Waals surface area (Å²) in [6.45, 7) is 6.69. The summed E-state index contributed by atoms with van der Waals surface area (Å²) in [7, 11) is 0. The lowest BCUT2D eigenvalue weighted by molar-refractivity contribution is -0.145. The number of amides is 2. The Hall–Kier alpha value is -4.75. The maximum absolute atomic E-state index is 14.5. The summed E-state index contributed by atoms with van der Waals surface area (Å²) < 4.78 is 5.51. The van der Waals surface area contributed by atoms with Crippen LogP contribution in [0.1, 0.15) is 40.7 Å². The molecule has 0 unspecified atom stereocenters. The highest BCUT2D eigenvalue weighted by Crippen LogP contribution is 2.25. The van der Waals surface area contributed by atoms with Crippen LogP contribution in [0, 0.1) is 12.8 Å². The fourth-order valence-corrected chi connectivity index (χ4v) is 6.65. The fourth-order valence-electron chi connectivity index (χ4n) is 6.65. The zero-order valence-electron chi connectivity index (χ0n) is 27.9. The van der Waals surface area contributed by atoms with Gasteiger partial charge in [0.1, 0.15) is 11.9 Å². The van der Waals surface area contributed by atoms with Gasteiger partial charge < -0.3 is 19.4 Å². The lowest BCUT2D eigenvalue weighted by atomic mass is 9.89. The number of carbonyl (C=O) groups is 2. The second-order valence-electron chi connectivity index (χ2n) is 13.0. The van der Waals surface area contributed by atoms with Crippen LogP contribution in [0.5, 0.6) is 0 Å². The number of piperidine rings is 1. The summed E-state index contributed by atoms with van der Waals surface area (Å²) in [5, 5.41) is 0. The van der Waals surface area contributed by atoms with Gasteiger partial charge >= 0.3 is 0 Å². The van der Waals surface area contributed by atoms with Crippen molar-refractivity contribution in [2.45, 2.75) is 45.2 Å². The molecule has 0 saturated carbocycles. The molecule has 0 radical (unpaired) electrons. The molecule has 2 aliphatic heterocycles. The molecule has 1 atom stereocenters. The van der Waals surface area contributed by atoms with Crippen LogP contribution in [0.3, 0.4) is 0 Å². The first-order valence-electron chi connectivity index (χ1n) is 17.2. The predicted molar refractivity (Wildman–Crippen MR) is 191 cm³/mol. The second-order valence-corrected chi connectivity index (χ2v) is 13.0. The van der Waals surface area contributed by atoms with Gasteiger partial charge in [0.2, 0.25) is 11.8 Å². The van der Waals surface area contributed by atoms with E-state index in [1.54, 1.807) is 11.0 Å². The highest BCUT2D eigenvalue weighted by molar-refractivity contribution is 5.95. The minimum absolute atomic E-state index is 0.00648. The van der Waals surface area contributed by atoms with Gasteiger partial charge in [0.15, 0.2) is 0 Å². The number of benzene rings is 3. The van der Waals surface area contributed by atoms with Gasteiger partial charge in [0.05, 0.1) is 13.2 Å². The number of ether oxygens (including phenoxy) is 1. The minimum atomic E-state index is -0.660. The average Bonchev–Trinajstić information content (AvgIpc) is 3.14. The van der Waals surface area contributed by atoms with E-state index in [9.17, 15) is 9.59 Å². The molecular formula is C41H46N4O3. The molecule has 4 aromatic rings. The molecule has 1 aromatic heterocycles. The van der Waals surface area contributed by atoms with E-state index in [1.807, 2.05) is 90.8 Å². The number of nitrogens with zero attached hydrogens (tertiary/aromatic N) is 4. The second kappa shape index (κ2) is 16.4. The van der Waals surface area contributed by atoms with Gasteiger partial charge in [-0.25, -0.2) is 4.98 Å². The van der Waals surface area contributed by atoms with E-state index in [4.69, 9.17) is 9.72 Å². The molecule has 48 heavy (non-hydrogen) atoms. The Labute approximate surface area is 284 Å². The Morgan fingerprint density at radius 1 is 0.833 bits per heavy atom. The summed E-state index contributed by atoms with van der Waals surface area (Å²) in [6.07, 6.45) is 8.66. The molecule has 2 saturated heterocycles. The van der Waals surface area contributed by atoms with Crippen molar-refractivity contribution in [3.05, 3.63) is 137 Å². The number of likely N-dealkylation sites (tertiary alicyclic amines) is 1. The number of hydrogen-bond acceptors (Lipinski definition) is 5. The first kappa shape index (κ1) is 33.2. The van der Waals surface area contributed by atoms with E-state index < -0.39 is 6.04 Å². The maximum Gasteiger partial charge on any atom is 0.247 e. The molecule has 2 aliphatic rings. The summed E-state index contributed by atoms with van der Waals surface area (Å²) in [5.74, 6) is 1.25. The quantitative estimate of drug-likeness (QED) is 0.178. The molecular weight excluding hydrogens is 596 g/mol. The van der Waals surface area contributed by atoms with Crippen LogP contribution in [0.15, 0.2) is 109 Å². The molecule has 0 spiro atoms. The third-order valence-corrected chi connectivity index (χ3v) is 9.50. The number of anilines is 1. The molecule has 6 rings (SSSR count). The Balaban J connectivity index is 1.25. The number of hydrogen-bond donors (Lipinski definition) is 0. The summed E-state index contributed by atoms with van der Waals surface area (Å²) >= 11 is 0. The molecule has 0 aliphatic carbocycles. The number of carbonyl (C=O) groups excluding carboxylic acids is 2. The van der Waals surface area contributed by atoms with Gasteiger partial charge in [-0.1, -0.05) is 96.6 Å². The SMILES string of the molecule is Cc1ccc(C=CC(=O)N(Cc2ccc(N3CCOCC3)nc2)[C@@H](Cc2ccccc2)C(=O)N2CCC(Cc3ccccc3)CC2)cc1. The van der Waals surface area contributed by atoms with Crippen molar-refractivity contribution < 1.29 is 14.3 Å². The van der Waals surface area contributed by atoms with Crippen LogP contribution in [0.2, 0.25) is 0 Å². The van der Waals surface area contributed by atoms with Gasteiger partial charge in [-0.3, -0.25) is 9.59 Å². The smallest absolute Gasteiger partial charge is 0.247 e. The van der Waals surface area contributed by atoms with Crippen molar-refractivity contribution in [1.82, 2.24) is 14.8 Å². The Kier molecular flexibility index (Phi) is 11.3. The minimum Gasteiger partial charge on any atom is -0.378 e. The van der Waals surface area contributed by atoms with Crippen molar-refractivity contribution >= 4 is 23.7 Å². The fraction of sp³-hybridized carbons (Fsp3) is 0.341. The Bertz CT molecular complexity index is 1630. The van der Waals surface area contributed by atoms with Crippen molar-refractivity contribution in [1.29, 1.82) is 0 Å². The van der Waals surface area contributed by atoms with E-state index in [2.05, 4.69) is 35.2 Å². The first-order chi connectivity index (χ1) is 23.5. The van der Waals surface area contributed by atoms with Crippen LogP contribution >= 0.6 is 0 Å². The lowest BCUT2D eigenvalue weighted by Crippen LogP contribution is -2.53. The first-order valence-corrected chi connectivity index (χ1v) is 17.2. The van der Waals surface area contributed by atoms with Crippen molar-refractivity contribution in [3.8, 4) is 0 Å². The topological polar surface area (TPSA) is 66.0 Å². The van der Waals surface area contributed by atoms with Gasteiger partial charge in [0.25, 0.3) is 0 Å². The van der Waals surface area contributed by atoms with Gasteiger partial charge in [-0.05, 0) is 66.5 Å². The largest absolute Gasteiger partial charge is 0.378 e. The average molecular weight is 643 g/mol. The van der Waals surface area contributed by atoms with Crippen molar-refractivity contribution in [3.63, 3.8) is 0 Å². The van der Waals surface area contributed by atoms with E-state index >= 15 is 0 Å². The summed E-state index contributed by atoms with van der Waals surface area (Å²) in [6, 6.07) is 32.1. The molecule has 7 heteroatoms. The molecule has 248 valence electrons. The highest BCUT2D eigenvalue weighted by Gasteiger charge is 2.34. The number of aromatic nitrogens is 1. The number of aryl methyl sites for hydroxylation is 1. The van der Waals surface area contributed by atoms with Crippen LogP contribution in [-0.4, -0.2) is 72.0 Å². The summed E-state index contributed by atoms with van der Waals surface area (Å²) in [5.41, 5.74) is 5.35. The van der Waals surface area contributed by atoms with Gasteiger partial charge in [-0.15, -0.1) is 0 Å². The zero-order valence-corrected chi connectivity index (χ0v) is 27.9. The monoisotopic (exact) mass is 642 g/mol. The summed E-state index contributed by atoms with van der Waals surface area (Å²) in [4.78, 5) is 39.5. The zero-order chi connectivity index (χ0) is 33.1. The van der Waals surface area contributed by atoms with Crippen molar-refractivity contribution in [2.75, 3.05) is 44.3 Å². The Morgan fingerprint density at radius 2 is 1.50 bits per heavy atom. The van der Waals surface area contributed by atoms with Crippen LogP contribution in [0.25, 0.3) is 6.08 Å². The molecule has 2 fully saturated rings. The highest BCUT2D eigenvalue weighted by atomic mass is 16.5. The number of morpholine rings is 1. The molecule has 0 bridgehead atoms.